The van der Waals surface area contributed by atoms with Gasteiger partial charge in [0.2, 0.25) is 0 Å². The van der Waals surface area contributed by atoms with E-state index < -0.39 is 23.5 Å². The molecule has 6 heteroatoms. The summed E-state index contributed by atoms with van der Waals surface area (Å²) in [6.07, 6.45) is -4.61. The summed E-state index contributed by atoms with van der Waals surface area (Å²) in [5.41, 5.74) is -1.41. The van der Waals surface area contributed by atoms with Gasteiger partial charge in [0.1, 0.15) is 5.75 Å². The SMILES string of the molecule is CCOC(=O)c1cc(O)cc(C(F)(F)F)c1. The number of halogens is 3. The zero-order valence-electron chi connectivity index (χ0n) is 8.34. The fourth-order valence-corrected chi connectivity index (χ4v) is 1.11. The van der Waals surface area contributed by atoms with Gasteiger partial charge in [-0.2, -0.15) is 13.2 Å². The van der Waals surface area contributed by atoms with Crippen LogP contribution in [0.1, 0.15) is 22.8 Å². The van der Waals surface area contributed by atoms with Crippen LogP contribution in [0.5, 0.6) is 5.75 Å². The van der Waals surface area contributed by atoms with Gasteiger partial charge in [0.05, 0.1) is 17.7 Å². The van der Waals surface area contributed by atoms with Gasteiger partial charge in [0.25, 0.3) is 0 Å². The fourth-order valence-electron chi connectivity index (χ4n) is 1.11. The Balaban J connectivity index is 3.13. The minimum atomic E-state index is -4.61. The highest BCUT2D eigenvalue weighted by Crippen LogP contribution is 2.32. The van der Waals surface area contributed by atoms with Gasteiger partial charge < -0.3 is 9.84 Å². The van der Waals surface area contributed by atoms with Gasteiger partial charge in [0.15, 0.2) is 0 Å². The van der Waals surface area contributed by atoms with Crippen LogP contribution in [0.3, 0.4) is 0 Å². The minimum Gasteiger partial charge on any atom is -0.508 e. The molecule has 1 rings (SSSR count). The van der Waals surface area contributed by atoms with E-state index >= 15 is 0 Å². The van der Waals surface area contributed by atoms with Crippen molar-refractivity contribution < 1.29 is 27.8 Å². The lowest BCUT2D eigenvalue weighted by molar-refractivity contribution is -0.137. The first-order chi connectivity index (χ1) is 7.34. The molecular formula is C10H9F3O3. The molecule has 0 aliphatic heterocycles. The van der Waals surface area contributed by atoms with Gasteiger partial charge in [-0.1, -0.05) is 0 Å². The van der Waals surface area contributed by atoms with Crippen molar-refractivity contribution in [1.29, 1.82) is 0 Å². The van der Waals surface area contributed by atoms with Crippen molar-refractivity contribution in [2.75, 3.05) is 6.61 Å². The van der Waals surface area contributed by atoms with Gasteiger partial charge in [-0.25, -0.2) is 4.79 Å². The number of carbonyl (C=O) groups excluding carboxylic acids is 1. The molecule has 0 saturated carbocycles. The number of benzene rings is 1. The molecule has 1 N–H and O–H groups in total. The number of aromatic hydroxyl groups is 1. The molecule has 0 aromatic heterocycles. The number of esters is 1. The van der Waals surface area contributed by atoms with Crippen molar-refractivity contribution in [1.82, 2.24) is 0 Å². The maximum atomic E-state index is 12.3. The molecule has 0 saturated heterocycles. The summed E-state index contributed by atoms with van der Waals surface area (Å²) >= 11 is 0. The monoisotopic (exact) mass is 234 g/mol. The van der Waals surface area contributed by atoms with Crippen molar-refractivity contribution >= 4 is 5.97 Å². The number of phenolic OH excluding ortho intramolecular Hbond substituents is 1. The van der Waals surface area contributed by atoms with E-state index in [9.17, 15) is 18.0 Å². The summed E-state index contributed by atoms with van der Waals surface area (Å²) in [5, 5.41) is 9.07. The molecule has 0 spiro atoms. The minimum absolute atomic E-state index is 0.0514. The highest BCUT2D eigenvalue weighted by Gasteiger charge is 2.32. The maximum Gasteiger partial charge on any atom is 0.416 e. The maximum absolute atomic E-state index is 12.3. The van der Waals surface area contributed by atoms with Crippen LogP contribution in [0.25, 0.3) is 0 Å². The Morgan fingerprint density at radius 2 is 2.00 bits per heavy atom. The zero-order chi connectivity index (χ0) is 12.3. The third kappa shape index (κ3) is 2.88. The predicted octanol–water partition coefficient (Wildman–Crippen LogP) is 2.59. The molecular weight excluding hydrogens is 225 g/mol. The number of hydrogen-bond donors (Lipinski definition) is 1. The fraction of sp³-hybridized carbons (Fsp3) is 0.300. The average molecular weight is 234 g/mol. The molecule has 0 fully saturated rings. The van der Waals surface area contributed by atoms with Crippen LogP contribution in [-0.2, 0) is 10.9 Å². The Kier molecular flexibility index (Phi) is 3.41. The van der Waals surface area contributed by atoms with Gasteiger partial charge in [-0.3, -0.25) is 0 Å². The van der Waals surface area contributed by atoms with Crippen LogP contribution in [0.2, 0.25) is 0 Å². The third-order valence-electron chi connectivity index (χ3n) is 1.76. The van der Waals surface area contributed by atoms with Crippen LogP contribution >= 0.6 is 0 Å². The summed E-state index contributed by atoms with van der Waals surface area (Å²) < 4.78 is 41.5. The van der Waals surface area contributed by atoms with Gasteiger partial charge in [-0.15, -0.1) is 0 Å². The molecule has 0 bridgehead atoms. The smallest absolute Gasteiger partial charge is 0.416 e. The molecule has 16 heavy (non-hydrogen) atoms. The highest BCUT2D eigenvalue weighted by molar-refractivity contribution is 5.90. The summed E-state index contributed by atoms with van der Waals surface area (Å²) in [4.78, 5) is 11.2. The van der Waals surface area contributed by atoms with Gasteiger partial charge >= 0.3 is 12.1 Å². The van der Waals surface area contributed by atoms with Crippen LogP contribution < -0.4 is 0 Å². The molecule has 0 atom stereocenters. The van der Waals surface area contributed by atoms with E-state index in [-0.39, 0.29) is 12.2 Å². The number of alkyl halides is 3. The molecule has 1 aromatic carbocycles. The number of rotatable bonds is 2. The Labute approximate surface area is 89.5 Å². The van der Waals surface area contributed by atoms with Crippen molar-refractivity contribution in [3.63, 3.8) is 0 Å². The largest absolute Gasteiger partial charge is 0.508 e. The molecule has 0 radical (unpaired) electrons. The van der Waals surface area contributed by atoms with E-state index in [0.717, 1.165) is 6.07 Å². The van der Waals surface area contributed by atoms with Crippen LogP contribution in [0.15, 0.2) is 18.2 Å². The predicted molar refractivity (Wildman–Crippen MR) is 49.1 cm³/mol. The zero-order valence-corrected chi connectivity index (χ0v) is 8.34. The van der Waals surface area contributed by atoms with Crippen LogP contribution in [-0.4, -0.2) is 17.7 Å². The second-order valence-electron chi connectivity index (χ2n) is 2.99. The molecule has 3 nitrogen and oxygen atoms in total. The second-order valence-corrected chi connectivity index (χ2v) is 2.99. The second kappa shape index (κ2) is 4.42. The first-order valence-electron chi connectivity index (χ1n) is 4.43. The Hall–Kier alpha value is -1.72. The van der Waals surface area contributed by atoms with E-state index in [1.54, 1.807) is 0 Å². The standard InChI is InChI=1S/C10H9F3O3/c1-2-16-9(15)6-3-7(10(11,12)13)5-8(14)4-6/h3-5,14H,2H2,1H3. The lowest BCUT2D eigenvalue weighted by atomic mass is 10.1. The van der Waals surface area contributed by atoms with Gasteiger partial charge in [-0.05, 0) is 25.1 Å². The van der Waals surface area contributed by atoms with E-state index in [1.807, 2.05) is 0 Å². The number of ether oxygens (including phenoxy) is 1. The topological polar surface area (TPSA) is 46.5 Å². The first kappa shape index (κ1) is 12.4. The Morgan fingerprint density at radius 1 is 1.38 bits per heavy atom. The van der Waals surface area contributed by atoms with Gasteiger partial charge in [0, 0.05) is 0 Å². The summed E-state index contributed by atoms with van der Waals surface area (Å²) in [6.45, 7) is 1.58. The van der Waals surface area contributed by atoms with Crippen molar-refractivity contribution in [3.8, 4) is 5.75 Å². The van der Waals surface area contributed by atoms with Crippen molar-refractivity contribution in [2.24, 2.45) is 0 Å². The molecule has 0 amide bonds. The van der Waals surface area contributed by atoms with Crippen molar-refractivity contribution in [3.05, 3.63) is 29.3 Å². The number of hydrogen-bond acceptors (Lipinski definition) is 3. The number of phenols is 1. The molecule has 0 unspecified atom stereocenters. The van der Waals surface area contributed by atoms with Crippen molar-refractivity contribution in [2.45, 2.75) is 13.1 Å². The lowest BCUT2D eigenvalue weighted by Gasteiger charge is -2.09. The average Bonchev–Trinajstić information content (AvgIpc) is 2.16. The molecule has 0 aliphatic carbocycles. The highest BCUT2D eigenvalue weighted by atomic mass is 19.4. The number of carbonyl (C=O) groups is 1. The quantitative estimate of drug-likeness (QED) is 0.800. The van der Waals surface area contributed by atoms with E-state index in [0.29, 0.717) is 12.1 Å². The third-order valence-corrected chi connectivity index (χ3v) is 1.76. The summed E-state index contributed by atoms with van der Waals surface area (Å²) in [6, 6.07) is 2.10. The van der Waals surface area contributed by atoms with Crippen LogP contribution in [0, 0.1) is 0 Å². The summed E-state index contributed by atoms with van der Waals surface area (Å²) in [7, 11) is 0. The molecule has 1 aromatic rings. The Morgan fingerprint density at radius 3 is 2.50 bits per heavy atom. The Bertz CT molecular complexity index is 399. The molecule has 0 heterocycles. The summed E-state index contributed by atoms with van der Waals surface area (Å²) in [5.74, 6) is -1.53. The molecule has 0 aliphatic rings. The van der Waals surface area contributed by atoms with E-state index in [1.165, 1.54) is 6.92 Å². The lowest BCUT2D eigenvalue weighted by Crippen LogP contribution is -2.09. The van der Waals surface area contributed by atoms with Crippen LogP contribution in [0.4, 0.5) is 13.2 Å². The first-order valence-corrected chi connectivity index (χ1v) is 4.43. The van der Waals surface area contributed by atoms with E-state index in [4.69, 9.17) is 5.11 Å². The normalized spacial score (nSPS) is 11.2. The molecule has 88 valence electrons. The van der Waals surface area contributed by atoms with E-state index in [2.05, 4.69) is 4.74 Å².